The highest BCUT2D eigenvalue weighted by molar-refractivity contribution is 5.72. The number of carbonyl (C=O) groups excluding carboxylic acids is 1. The standard InChI is InChI=1S/C30H39F7O3/c1-2-3-18-4-6-19(7-5-18)20-8-10-22(11-9-20)28(38)39-24-14-12-21(13-15-24)23-16-25(31)27(26(32)17-23)29(33,34)40-30(35,36)37/h16-22,24H,2-15H2,1H3. The Morgan fingerprint density at radius 2 is 1.32 bits per heavy atom. The van der Waals surface area contributed by atoms with E-state index in [2.05, 4.69) is 11.7 Å². The first-order chi connectivity index (χ1) is 18.9. The summed E-state index contributed by atoms with van der Waals surface area (Å²) in [6.07, 6.45) is 2.00. The minimum absolute atomic E-state index is 0.0772. The second-order valence-electron chi connectivity index (χ2n) is 12.0. The van der Waals surface area contributed by atoms with Gasteiger partial charge < -0.3 is 4.74 Å². The minimum Gasteiger partial charge on any atom is -0.462 e. The molecule has 0 unspecified atom stereocenters. The molecule has 226 valence electrons. The Balaban J connectivity index is 1.23. The lowest BCUT2D eigenvalue weighted by molar-refractivity contribution is -0.432. The van der Waals surface area contributed by atoms with Gasteiger partial charge in [-0.25, -0.2) is 13.5 Å². The molecule has 0 heterocycles. The van der Waals surface area contributed by atoms with Crippen LogP contribution in [0.15, 0.2) is 12.1 Å². The number of hydrogen-bond donors (Lipinski definition) is 0. The minimum atomic E-state index is -5.77. The van der Waals surface area contributed by atoms with E-state index < -0.39 is 35.6 Å². The zero-order valence-corrected chi connectivity index (χ0v) is 22.9. The van der Waals surface area contributed by atoms with Crippen molar-refractivity contribution in [2.24, 2.45) is 23.7 Å². The van der Waals surface area contributed by atoms with Crippen LogP contribution in [0, 0.1) is 35.3 Å². The third-order valence-corrected chi connectivity index (χ3v) is 9.39. The summed E-state index contributed by atoms with van der Waals surface area (Å²) in [5, 5.41) is 0. The molecule has 3 fully saturated rings. The summed E-state index contributed by atoms with van der Waals surface area (Å²) >= 11 is 0. The summed E-state index contributed by atoms with van der Waals surface area (Å²) in [7, 11) is 0. The topological polar surface area (TPSA) is 35.5 Å². The molecule has 3 aliphatic rings. The van der Waals surface area contributed by atoms with Crippen LogP contribution in [-0.4, -0.2) is 18.4 Å². The van der Waals surface area contributed by atoms with Gasteiger partial charge in [0.05, 0.1) is 5.92 Å². The Labute approximate surface area is 231 Å². The Hall–Kier alpha value is -1.84. The molecule has 3 aliphatic carbocycles. The molecule has 40 heavy (non-hydrogen) atoms. The highest BCUT2D eigenvalue weighted by atomic mass is 19.4. The number of benzene rings is 1. The predicted octanol–water partition coefficient (Wildman–Crippen LogP) is 9.53. The van der Waals surface area contributed by atoms with E-state index in [1.54, 1.807) is 0 Å². The first kappa shape index (κ1) is 31.1. The highest BCUT2D eigenvalue weighted by Crippen LogP contribution is 2.44. The Kier molecular flexibility index (Phi) is 10.1. The maximum Gasteiger partial charge on any atom is 0.527 e. The quantitative estimate of drug-likeness (QED) is 0.227. The zero-order chi connectivity index (χ0) is 29.1. The molecule has 0 N–H and O–H groups in total. The monoisotopic (exact) mass is 580 g/mol. The second kappa shape index (κ2) is 13.0. The van der Waals surface area contributed by atoms with Crippen LogP contribution in [0.3, 0.4) is 0 Å². The van der Waals surface area contributed by atoms with Crippen LogP contribution < -0.4 is 0 Å². The maximum absolute atomic E-state index is 14.3. The third kappa shape index (κ3) is 7.91. The van der Waals surface area contributed by atoms with Crippen molar-refractivity contribution in [2.75, 3.05) is 0 Å². The lowest BCUT2D eigenvalue weighted by atomic mass is 9.69. The fraction of sp³-hybridized carbons (Fsp3) is 0.767. The number of carbonyl (C=O) groups is 1. The summed E-state index contributed by atoms with van der Waals surface area (Å²) in [6, 6.07) is 1.27. The molecule has 1 aromatic carbocycles. The number of hydrogen-bond acceptors (Lipinski definition) is 3. The molecule has 0 bridgehead atoms. The van der Waals surface area contributed by atoms with Gasteiger partial charge in [-0.1, -0.05) is 32.6 Å². The van der Waals surface area contributed by atoms with Crippen LogP contribution in [0.5, 0.6) is 0 Å². The first-order valence-corrected chi connectivity index (χ1v) is 14.7. The first-order valence-electron chi connectivity index (χ1n) is 14.7. The van der Waals surface area contributed by atoms with Gasteiger partial charge in [-0.15, -0.1) is 13.2 Å². The Bertz CT molecular complexity index is 965. The lowest BCUT2D eigenvalue weighted by Crippen LogP contribution is -2.32. The van der Waals surface area contributed by atoms with E-state index >= 15 is 0 Å². The van der Waals surface area contributed by atoms with Crippen molar-refractivity contribution in [3.63, 3.8) is 0 Å². The normalized spacial score (nSPS) is 30.2. The van der Waals surface area contributed by atoms with E-state index in [1.807, 2.05) is 0 Å². The summed E-state index contributed by atoms with van der Waals surface area (Å²) in [5.41, 5.74) is -2.00. The second-order valence-corrected chi connectivity index (χ2v) is 12.0. The van der Waals surface area contributed by atoms with Crippen LogP contribution >= 0.6 is 0 Å². The molecular weight excluding hydrogens is 541 g/mol. The Morgan fingerprint density at radius 1 is 0.800 bits per heavy atom. The van der Waals surface area contributed by atoms with Gasteiger partial charge in [-0.2, -0.15) is 8.78 Å². The summed E-state index contributed by atoms with van der Waals surface area (Å²) in [6.45, 7) is 2.24. The van der Waals surface area contributed by atoms with E-state index in [1.165, 1.54) is 38.5 Å². The molecule has 0 atom stereocenters. The van der Waals surface area contributed by atoms with Crippen LogP contribution in [0.4, 0.5) is 30.7 Å². The molecule has 0 saturated heterocycles. The molecule has 0 spiro atoms. The average molecular weight is 581 g/mol. The lowest BCUT2D eigenvalue weighted by Gasteiger charge is -2.37. The Morgan fingerprint density at radius 3 is 1.82 bits per heavy atom. The van der Waals surface area contributed by atoms with Crippen LogP contribution in [0.25, 0.3) is 0 Å². The summed E-state index contributed by atoms with van der Waals surface area (Å²) in [5.74, 6) is -1.97. The van der Waals surface area contributed by atoms with Crippen molar-refractivity contribution in [3.05, 3.63) is 34.9 Å². The molecule has 0 radical (unpaired) electrons. The average Bonchev–Trinajstić information content (AvgIpc) is 2.88. The van der Waals surface area contributed by atoms with Gasteiger partial charge in [-0.3, -0.25) is 4.79 Å². The van der Waals surface area contributed by atoms with Gasteiger partial charge in [0.2, 0.25) is 0 Å². The van der Waals surface area contributed by atoms with Crippen LogP contribution in [0.2, 0.25) is 0 Å². The van der Waals surface area contributed by atoms with Gasteiger partial charge in [0, 0.05) is 0 Å². The predicted molar refractivity (Wildman–Crippen MR) is 134 cm³/mol. The van der Waals surface area contributed by atoms with Crippen molar-refractivity contribution in [1.29, 1.82) is 0 Å². The van der Waals surface area contributed by atoms with E-state index in [9.17, 15) is 35.5 Å². The van der Waals surface area contributed by atoms with E-state index in [-0.39, 0.29) is 23.6 Å². The van der Waals surface area contributed by atoms with Crippen molar-refractivity contribution in [3.8, 4) is 0 Å². The fourth-order valence-corrected chi connectivity index (χ4v) is 7.26. The zero-order valence-electron chi connectivity index (χ0n) is 22.9. The van der Waals surface area contributed by atoms with Gasteiger partial charge in [-0.05, 0) is 106 Å². The molecule has 3 nitrogen and oxygen atoms in total. The van der Waals surface area contributed by atoms with Crippen molar-refractivity contribution in [2.45, 2.75) is 121 Å². The van der Waals surface area contributed by atoms with Gasteiger partial charge in [0.1, 0.15) is 23.3 Å². The highest BCUT2D eigenvalue weighted by Gasteiger charge is 2.49. The number of alkyl halides is 5. The molecule has 1 aromatic rings. The smallest absolute Gasteiger partial charge is 0.462 e. The number of halogens is 7. The van der Waals surface area contributed by atoms with Gasteiger partial charge in [0.25, 0.3) is 0 Å². The summed E-state index contributed by atoms with van der Waals surface area (Å²) in [4.78, 5) is 12.9. The van der Waals surface area contributed by atoms with E-state index in [0.717, 1.165) is 37.5 Å². The maximum atomic E-state index is 14.3. The largest absolute Gasteiger partial charge is 0.527 e. The van der Waals surface area contributed by atoms with E-state index in [4.69, 9.17) is 4.74 Å². The van der Waals surface area contributed by atoms with Crippen molar-refractivity contribution >= 4 is 5.97 Å². The molecule has 10 heteroatoms. The number of ether oxygens (including phenoxy) is 2. The van der Waals surface area contributed by atoms with Gasteiger partial charge >= 0.3 is 18.4 Å². The van der Waals surface area contributed by atoms with Crippen LogP contribution in [0.1, 0.15) is 114 Å². The molecule has 3 saturated carbocycles. The van der Waals surface area contributed by atoms with Crippen molar-refractivity contribution < 1.29 is 45.0 Å². The number of esters is 1. The molecule has 0 amide bonds. The van der Waals surface area contributed by atoms with Crippen LogP contribution in [-0.2, 0) is 20.4 Å². The number of rotatable bonds is 8. The SMILES string of the molecule is CCCC1CCC(C2CCC(C(=O)OC3CCC(c4cc(F)c(C(F)(F)OC(F)(F)F)c(F)c4)CC3)CC2)CC1. The molecule has 0 aromatic heterocycles. The summed E-state index contributed by atoms with van der Waals surface area (Å²) < 4.78 is 101. The third-order valence-electron chi connectivity index (χ3n) is 9.39. The van der Waals surface area contributed by atoms with E-state index in [0.29, 0.717) is 43.7 Å². The molecule has 0 aliphatic heterocycles. The fourth-order valence-electron chi connectivity index (χ4n) is 7.26. The molecule has 4 rings (SSSR count). The van der Waals surface area contributed by atoms with Crippen molar-refractivity contribution in [1.82, 2.24) is 0 Å². The molecular formula is C30H39F7O3. The van der Waals surface area contributed by atoms with Gasteiger partial charge in [0.15, 0.2) is 0 Å².